The minimum Gasteiger partial charge on any atom is -0.464 e. The molecule has 2 aromatic heterocycles. The number of amides is 1. The molecule has 0 aliphatic heterocycles. The Bertz CT molecular complexity index is 1130. The van der Waals surface area contributed by atoms with Gasteiger partial charge < -0.3 is 19.7 Å². The summed E-state index contributed by atoms with van der Waals surface area (Å²) in [6, 6.07) is 11.3. The van der Waals surface area contributed by atoms with Gasteiger partial charge in [0.15, 0.2) is 0 Å². The predicted octanol–water partition coefficient (Wildman–Crippen LogP) is 3.35. The predicted molar refractivity (Wildman–Crippen MR) is 96.8 cm³/mol. The number of aromatic nitrogens is 2. The molecule has 1 amide bonds. The normalized spacial score (nSPS) is 11.2. The summed E-state index contributed by atoms with van der Waals surface area (Å²) in [5.41, 5.74) is 4.58. The molecule has 2 heterocycles. The molecule has 0 unspecified atom stereocenters. The van der Waals surface area contributed by atoms with Gasteiger partial charge in [-0.15, -0.1) is 0 Å². The number of fused-ring (bicyclic) bond motifs is 2. The summed E-state index contributed by atoms with van der Waals surface area (Å²) >= 11 is 0. The topological polar surface area (TPSA) is 90.9 Å². The van der Waals surface area contributed by atoms with Crippen LogP contribution in [0.4, 0.5) is 5.69 Å². The van der Waals surface area contributed by atoms with Crippen LogP contribution in [0.15, 0.2) is 51.9 Å². The van der Waals surface area contributed by atoms with Crippen LogP contribution in [0, 0.1) is 0 Å². The standard InChI is InChI=1S/C19H17N3O3/c1-2-11-3-5-14-12(10-25-17(14)7-11)8-18(23)20-13-4-6-15-16(9-13)22-19(24)21-15/h3-7,9-10H,2,8H2,1H3,(H,20,23)(H2,21,22,24). The molecular weight excluding hydrogens is 318 g/mol. The molecule has 0 aliphatic rings. The van der Waals surface area contributed by atoms with Crippen LogP contribution in [0.1, 0.15) is 18.1 Å². The van der Waals surface area contributed by atoms with Gasteiger partial charge in [0.1, 0.15) is 5.58 Å². The Hall–Kier alpha value is -3.28. The third-order valence-electron chi connectivity index (χ3n) is 4.28. The minimum atomic E-state index is -0.269. The molecule has 25 heavy (non-hydrogen) atoms. The monoisotopic (exact) mass is 335 g/mol. The first-order valence-corrected chi connectivity index (χ1v) is 8.13. The molecule has 3 N–H and O–H groups in total. The molecule has 0 atom stereocenters. The van der Waals surface area contributed by atoms with Crippen molar-refractivity contribution in [2.75, 3.05) is 5.32 Å². The molecule has 6 nitrogen and oxygen atoms in total. The first kappa shape index (κ1) is 15.3. The highest BCUT2D eigenvalue weighted by molar-refractivity contribution is 5.96. The number of hydrogen-bond acceptors (Lipinski definition) is 3. The van der Waals surface area contributed by atoms with Gasteiger partial charge >= 0.3 is 5.69 Å². The van der Waals surface area contributed by atoms with Gasteiger partial charge in [-0.2, -0.15) is 0 Å². The van der Waals surface area contributed by atoms with Crippen molar-refractivity contribution in [3.63, 3.8) is 0 Å². The Labute approximate surface area is 142 Å². The van der Waals surface area contributed by atoms with E-state index in [1.54, 1.807) is 24.5 Å². The fraction of sp³-hybridized carbons (Fsp3) is 0.158. The van der Waals surface area contributed by atoms with Crippen molar-refractivity contribution in [2.45, 2.75) is 19.8 Å². The Kier molecular flexibility index (Phi) is 3.65. The average Bonchev–Trinajstić information content (AvgIpc) is 3.16. The molecule has 0 radical (unpaired) electrons. The number of rotatable bonds is 4. The van der Waals surface area contributed by atoms with Crippen molar-refractivity contribution in [3.05, 3.63) is 64.3 Å². The molecule has 0 saturated heterocycles. The van der Waals surface area contributed by atoms with Crippen molar-refractivity contribution < 1.29 is 9.21 Å². The largest absolute Gasteiger partial charge is 0.464 e. The molecule has 4 aromatic rings. The van der Waals surface area contributed by atoms with Crippen LogP contribution in [0.25, 0.3) is 22.0 Å². The molecule has 0 bridgehead atoms. The smallest absolute Gasteiger partial charge is 0.323 e. The van der Waals surface area contributed by atoms with Crippen LogP contribution in [0.2, 0.25) is 0 Å². The number of imidazole rings is 1. The number of furan rings is 1. The summed E-state index contributed by atoms with van der Waals surface area (Å²) in [6.45, 7) is 2.09. The fourth-order valence-electron chi connectivity index (χ4n) is 2.97. The van der Waals surface area contributed by atoms with E-state index in [1.165, 1.54) is 5.56 Å². The van der Waals surface area contributed by atoms with Crippen molar-refractivity contribution in [1.29, 1.82) is 0 Å². The zero-order valence-corrected chi connectivity index (χ0v) is 13.7. The second-order valence-corrected chi connectivity index (χ2v) is 6.01. The van der Waals surface area contributed by atoms with E-state index in [1.807, 2.05) is 12.1 Å². The fourth-order valence-corrected chi connectivity index (χ4v) is 2.97. The van der Waals surface area contributed by atoms with E-state index in [9.17, 15) is 9.59 Å². The quantitative estimate of drug-likeness (QED) is 0.534. The Morgan fingerprint density at radius 3 is 2.80 bits per heavy atom. The Balaban J connectivity index is 1.54. The lowest BCUT2D eigenvalue weighted by Gasteiger charge is -2.04. The molecule has 0 aliphatic carbocycles. The highest BCUT2D eigenvalue weighted by atomic mass is 16.3. The van der Waals surface area contributed by atoms with Crippen molar-refractivity contribution in [2.24, 2.45) is 0 Å². The molecule has 126 valence electrons. The summed E-state index contributed by atoms with van der Waals surface area (Å²) in [5.74, 6) is -0.139. The van der Waals surface area contributed by atoms with E-state index in [0.717, 1.165) is 23.0 Å². The highest BCUT2D eigenvalue weighted by Crippen LogP contribution is 2.23. The van der Waals surface area contributed by atoms with Gasteiger partial charge in [-0.3, -0.25) is 4.79 Å². The lowest BCUT2D eigenvalue weighted by molar-refractivity contribution is -0.115. The summed E-state index contributed by atoms with van der Waals surface area (Å²) < 4.78 is 5.58. The van der Waals surface area contributed by atoms with E-state index < -0.39 is 0 Å². The van der Waals surface area contributed by atoms with Crippen LogP contribution in [0.5, 0.6) is 0 Å². The average molecular weight is 335 g/mol. The third kappa shape index (κ3) is 2.94. The number of anilines is 1. The van der Waals surface area contributed by atoms with E-state index in [-0.39, 0.29) is 18.0 Å². The third-order valence-corrected chi connectivity index (χ3v) is 4.28. The van der Waals surface area contributed by atoms with Crippen LogP contribution < -0.4 is 11.0 Å². The highest BCUT2D eigenvalue weighted by Gasteiger charge is 2.11. The molecule has 6 heteroatoms. The SMILES string of the molecule is CCc1ccc2c(CC(=O)Nc3ccc4[nH]c(=O)[nH]c4c3)coc2c1. The summed E-state index contributed by atoms with van der Waals surface area (Å²) in [4.78, 5) is 29.0. The maximum absolute atomic E-state index is 12.4. The molecular formula is C19H17N3O3. The minimum absolute atomic E-state index is 0.139. The van der Waals surface area contributed by atoms with Crippen molar-refractivity contribution >= 4 is 33.6 Å². The van der Waals surface area contributed by atoms with Gasteiger partial charge in [0.05, 0.1) is 23.7 Å². The maximum atomic E-state index is 12.4. The number of nitrogens with one attached hydrogen (secondary N) is 3. The van der Waals surface area contributed by atoms with E-state index in [0.29, 0.717) is 16.7 Å². The van der Waals surface area contributed by atoms with Gasteiger partial charge in [0, 0.05) is 16.6 Å². The van der Waals surface area contributed by atoms with Crippen LogP contribution in [0.3, 0.4) is 0 Å². The van der Waals surface area contributed by atoms with Crippen molar-refractivity contribution in [3.8, 4) is 0 Å². The number of aryl methyl sites for hydroxylation is 1. The van der Waals surface area contributed by atoms with E-state index in [2.05, 4.69) is 28.3 Å². The van der Waals surface area contributed by atoms with Gasteiger partial charge in [0.25, 0.3) is 0 Å². The maximum Gasteiger partial charge on any atom is 0.323 e. The number of hydrogen-bond donors (Lipinski definition) is 3. The molecule has 0 fully saturated rings. The number of aromatic amines is 2. The second kappa shape index (κ2) is 5.98. The summed E-state index contributed by atoms with van der Waals surface area (Å²) in [6.07, 6.45) is 2.80. The molecule has 0 saturated carbocycles. The molecule has 2 aromatic carbocycles. The summed E-state index contributed by atoms with van der Waals surface area (Å²) in [7, 11) is 0. The first-order valence-electron chi connectivity index (χ1n) is 8.13. The number of carbonyl (C=O) groups is 1. The van der Waals surface area contributed by atoms with Gasteiger partial charge in [-0.25, -0.2) is 4.79 Å². The molecule has 0 spiro atoms. The summed E-state index contributed by atoms with van der Waals surface area (Å²) in [5, 5.41) is 3.81. The van der Waals surface area contributed by atoms with Crippen molar-refractivity contribution in [1.82, 2.24) is 9.97 Å². The van der Waals surface area contributed by atoms with Crippen LogP contribution >= 0.6 is 0 Å². The Morgan fingerprint density at radius 1 is 1.12 bits per heavy atom. The van der Waals surface area contributed by atoms with Gasteiger partial charge in [-0.05, 0) is 36.2 Å². The number of carbonyl (C=O) groups excluding carboxylic acids is 1. The zero-order chi connectivity index (χ0) is 17.4. The first-order chi connectivity index (χ1) is 12.1. The Morgan fingerprint density at radius 2 is 1.96 bits per heavy atom. The van der Waals surface area contributed by atoms with Crippen LogP contribution in [-0.4, -0.2) is 15.9 Å². The van der Waals surface area contributed by atoms with Gasteiger partial charge in [0.2, 0.25) is 5.91 Å². The van der Waals surface area contributed by atoms with Gasteiger partial charge in [-0.1, -0.05) is 19.1 Å². The lowest BCUT2D eigenvalue weighted by atomic mass is 10.1. The zero-order valence-electron chi connectivity index (χ0n) is 13.7. The number of benzene rings is 2. The van der Waals surface area contributed by atoms with E-state index in [4.69, 9.17) is 4.42 Å². The lowest BCUT2D eigenvalue weighted by Crippen LogP contribution is -2.14. The molecule has 4 rings (SSSR count). The number of H-pyrrole nitrogens is 2. The van der Waals surface area contributed by atoms with Crippen LogP contribution in [-0.2, 0) is 17.6 Å². The second-order valence-electron chi connectivity index (χ2n) is 6.01. The van der Waals surface area contributed by atoms with E-state index >= 15 is 0 Å².